The fraction of sp³-hybridized carbons (Fsp3) is 0.323. The fourth-order valence-corrected chi connectivity index (χ4v) is 5.39. The molecule has 2 aromatic carbocycles. The van der Waals surface area contributed by atoms with Crippen LogP contribution in [0.2, 0.25) is 0 Å². The van der Waals surface area contributed by atoms with Crippen LogP contribution in [0, 0.1) is 23.1 Å². The molecule has 42 heavy (non-hydrogen) atoms. The van der Waals surface area contributed by atoms with Crippen LogP contribution in [0.15, 0.2) is 66.5 Å². The standard InChI is InChI=1S/C31H33FN8O2/c1-20(17-38(2)3)14-21(16-33)31(41)39-13-7-8-22(18-39)40-30-27(29(34)35-19-36-30)28(37-40)25-12-11-24(15-26(25)32)42-23-9-5-4-6-10-23/h4-6,9-12,14-15,19-20,22H,7-8,13,17-18H2,1-3H3,(H2,34,35,36)/t20?,22-/m1/s1. The number of carbonyl (C=O) groups excluding carboxylic acids is 1. The third-order valence-electron chi connectivity index (χ3n) is 7.18. The van der Waals surface area contributed by atoms with Crippen LogP contribution < -0.4 is 10.5 Å². The summed E-state index contributed by atoms with van der Waals surface area (Å²) in [7, 11) is 3.90. The van der Waals surface area contributed by atoms with Gasteiger partial charge in [0.25, 0.3) is 5.91 Å². The Morgan fingerprint density at radius 1 is 1.24 bits per heavy atom. The van der Waals surface area contributed by atoms with Gasteiger partial charge in [-0.1, -0.05) is 31.2 Å². The van der Waals surface area contributed by atoms with Crippen molar-refractivity contribution in [3.05, 3.63) is 72.3 Å². The Labute approximate surface area is 243 Å². The lowest BCUT2D eigenvalue weighted by molar-refractivity contribution is -0.128. The maximum Gasteiger partial charge on any atom is 0.264 e. The first kappa shape index (κ1) is 28.7. The van der Waals surface area contributed by atoms with Crippen molar-refractivity contribution in [1.29, 1.82) is 5.26 Å². The molecule has 3 heterocycles. The van der Waals surface area contributed by atoms with Gasteiger partial charge in [0.15, 0.2) is 5.65 Å². The van der Waals surface area contributed by atoms with Gasteiger partial charge in [0.05, 0.1) is 11.4 Å². The first-order valence-electron chi connectivity index (χ1n) is 13.8. The smallest absolute Gasteiger partial charge is 0.264 e. The van der Waals surface area contributed by atoms with E-state index >= 15 is 4.39 Å². The van der Waals surface area contributed by atoms with Crippen LogP contribution in [0.4, 0.5) is 10.2 Å². The van der Waals surface area contributed by atoms with Crippen LogP contribution >= 0.6 is 0 Å². The highest BCUT2D eigenvalue weighted by Crippen LogP contribution is 2.36. The first-order valence-corrected chi connectivity index (χ1v) is 13.8. The minimum atomic E-state index is -0.533. The molecule has 216 valence electrons. The highest BCUT2D eigenvalue weighted by atomic mass is 19.1. The van der Waals surface area contributed by atoms with Gasteiger partial charge in [0.1, 0.15) is 46.8 Å². The summed E-state index contributed by atoms with van der Waals surface area (Å²) in [5, 5.41) is 15.0. The molecular weight excluding hydrogens is 535 g/mol. The van der Waals surface area contributed by atoms with Crippen LogP contribution in [-0.2, 0) is 4.79 Å². The van der Waals surface area contributed by atoms with E-state index in [4.69, 9.17) is 15.6 Å². The minimum absolute atomic E-state index is 0.0378. The predicted octanol–water partition coefficient (Wildman–Crippen LogP) is 4.82. The molecule has 10 nitrogen and oxygen atoms in total. The van der Waals surface area contributed by atoms with Crippen LogP contribution in [-0.4, -0.2) is 69.2 Å². The first-order chi connectivity index (χ1) is 20.2. The average molecular weight is 569 g/mol. The number of hydrogen-bond donors (Lipinski definition) is 1. The number of nitriles is 1. The summed E-state index contributed by atoms with van der Waals surface area (Å²) in [6, 6.07) is 15.5. The molecule has 11 heteroatoms. The molecule has 5 rings (SSSR count). The predicted molar refractivity (Wildman–Crippen MR) is 158 cm³/mol. The van der Waals surface area contributed by atoms with Crippen molar-refractivity contribution >= 4 is 22.8 Å². The van der Waals surface area contributed by atoms with Crippen molar-refractivity contribution < 1.29 is 13.9 Å². The third-order valence-corrected chi connectivity index (χ3v) is 7.18. The molecule has 2 atom stereocenters. The third kappa shape index (κ3) is 6.09. The molecule has 2 N–H and O–H groups in total. The molecular formula is C31H33FN8O2. The van der Waals surface area contributed by atoms with Crippen molar-refractivity contribution in [2.75, 3.05) is 39.5 Å². The summed E-state index contributed by atoms with van der Waals surface area (Å²) in [5.41, 5.74) is 7.39. The Morgan fingerprint density at radius 2 is 2.02 bits per heavy atom. The van der Waals surface area contributed by atoms with Crippen molar-refractivity contribution in [3.63, 3.8) is 0 Å². The SMILES string of the molecule is CC(C=C(C#N)C(=O)N1CCC[C@@H](n2nc(-c3ccc(Oc4ccccc4)cc3F)c3c(N)ncnc32)C1)CN(C)C. The number of rotatable bonds is 8. The molecule has 0 saturated carbocycles. The van der Waals surface area contributed by atoms with Crippen molar-refractivity contribution in [3.8, 4) is 28.8 Å². The highest BCUT2D eigenvalue weighted by molar-refractivity contribution is 5.99. The lowest BCUT2D eigenvalue weighted by Crippen LogP contribution is -2.41. The Morgan fingerprint density at radius 3 is 2.74 bits per heavy atom. The summed E-state index contributed by atoms with van der Waals surface area (Å²) in [6.45, 7) is 3.55. The molecule has 1 fully saturated rings. The molecule has 0 spiro atoms. The van der Waals surface area contributed by atoms with Gasteiger partial charge in [0.2, 0.25) is 0 Å². The van der Waals surface area contributed by atoms with Crippen molar-refractivity contribution in [1.82, 2.24) is 29.5 Å². The lowest BCUT2D eigenvalue weighted by Gasteiger charge is -2.33. The Bertz CT molecular complexity index is 1660. The topological polar surface area (TPSA) is 126 Å². The van der Waals surface area contributed by atoms with E-state index in [1.165, 1.54) is 12.4 Å². The number of hydrogen-bond acceptors (Lipinski definition) is 8. The van der Waals surface area contributed by atoms with E-state index in [1.54, 1.807) is 39.9 Å². The van der Waals surface area contributed by atoms with Gasteiger partial charge < -0.3 is 20.3 Å². The summed E-state index contributed by atoms with van der Waals surface area (Å²) < 4.78 is 23.0. The van der Waals surface area contributed by atoms with E-state index in [0.29, 0.717) is 47.7 Å². The number of likely N-dealkylation sites (tertiary alicyclic amines) is 1. The number of anilines is 1. The zero-order chi connectivity index (χ0) is 29.8. The zero-order valence-corrected chi connectivity index (χ0v) is 23.9. The molecule has 1 amide bonds. The number of nitrogen functional groups attached to an aromatic ring is 1. The maximum absolute atomic E-state index is 15.5. The second-order valence-corrected chi connectivity index (χ2v) is 10.8. The monoisotopic (exact) mass is 568 g/mol. The number of amides is 1. The van der Waals surface area contributed by atoms with E-state index in [2.05, 4.69) is 16.0 Å². The van der Waals surface area contributed by atoms with Gasteiger partial charge >= 0.3 is 0 Å². The van der Waals surface area contributed by atoms with E-state index in [1.807, 2.05) is 44.1 Å². The molecule has 1 aliphatic rings. The molecule has 0 aliphatic carbocycles. The highest BCUT2D eigenvalue weighted by Gasteiger charge is 2.30. The molecule has 0 bridgehead atoms. The Balaban J connectivity index is 1.45. The number of aromatic nitrogens is 4. The van der Waals surface area contributed by atoms with Gasteiger partial charge in [-0.25, -0.2) is 19.0 Å². The van der Waals surface area contributed by atoms with Gasteiger partial charge in [-0.3, -0.25) is 4.79 Å². The number of halogens is 1. The second-order valence-electron chi connectivity index (χ2n) is 10.8. The van der Waals surface area contributed by atoms with E-state index in [9.17, 15) is 10.1 Å². The number of piperidine rings is 1. The molecule has 2 aromatic heterocycles. The quantitative estimate of drug-likeness (QED) is 0.237. The largest absolute Gasteiger partial charge is 0.457 e. The van der Waals surface area contributed by atoms with Crippen LogP contribution in [0.5, 0.6) is 11.5 Å². The molecule has 0 radical (unpaired) electrons. The molecule has 1 saturated heterocycles. The molecule has 1 aliphatic heterocycles. The number of nitrogens with zero attached hydrogens (tertiary/aromatic N) is 7. The Hall–Kier alpha value is -4.82. The minimum Gasteiger partial charge on any atom is -0.457 e. The van der Waals surface area contributed by atoms with Crippen molar-refractivity contribution in [2.24, 2.45) is 5.92 Å². The number of benzene rings is 2. The van der Waals surface area contributed by atoms with E-state index in [0.717, 1.165) is 13.0 Å². The summed E-state index contributed by atoms with van der Waals surface area (Å²) in [4.78, 5) is 25.6. The van der Waals surface area contributed by atoms with Crippen LogP contribution in [0.1, 0.15) is 25.8 Å². The van der Waals surface area contributed by atoms with Crippen molar-refractivity contribution in [2.45, 2.75) is 25.8 Å². The summed E-state index contributed by atoms with van der Waals surface area (Å²) >= 11 is 0. The van der Waals surface area contributed by atoms with Gasteiger partial charge in [-0.2, -0.15) is 10.4 Å². The van der Waals surface area contributed by atoms with E-state index < -0.39 is 5.82 Å². The number of ether oxygens (including phenoxy) is 1. The van der Waals surface area contributed by atoms with Gasteiger partial charge in [-0.05, 0) is 57.1 Å². The van der Waals surface area contributed by atoms with E-state index in [-0.39, 0.29) is 34.8 Å². The normalized spacial score (nSPS) is 16.4. The summed E-state index contributed by atoms with van der Waals surface area (Å²) in [6.07, 6.45) is 4.51. The Kier molecular flexibility index (Phi) is 8.45. The zero-order valence-electron chi connectivity index (χ0n) is 23.9. The van der Waals surface area contributed by atoms with Crippen LogP contribution in [0.25, 0.3) is 22.3 Å². The number of fused-ring (bicyclic) bond motifs is 1. The molecule has 1 unspecified atom stereocenters. The van der Waals surface area contributed by atoms with Gasteiger partial charge in [-0.15, -0.1) is 0 Å². The second kappa shape index (κ2) is 12.4. The number of para-hydroxylation sites is 1. The number of carbonyl (C=O) groups is 1. The fourth-order valence-electron chi connectivity index (χ4n) is 5.39. The number of nitrogens with two attached hydrogens (primary N) is 1. The van der Waals surface area contributed by atoms with Crippen LogP contribution in [0.3, 0.4) is 0 Å². The summed E-state index contributed by atoms with van der Waals surface area (Å²) in [5.74, 6) is 0.315. The van der Waals surface area contributed by atoms with Gasteiger partial charge in [0, 0.05) is 31.3 Å². The maximum atomic E-state index is 15.5. The average Bonchev–Trinajstić information content (AvgIpc) is 3.36. The molecule has 4 aromatic rings. The lowest BCUT2D eigenvalue weighted by atomic mass is 10.0.